The van der Waals surface area contributed by atoms with Crippen molar-refractivity contribution in [1.82, 2.24) is 0 Å². The first-order chi connectivity index (χ1) is 10.9. The number of para-hydroxylation sites is 1. The van der Waals surface area contributed by atoms with Crippen LogP contribution in [0.4, 0.5) is 24.5 Å². The lowest BCUT2D eigenvalue weighted by atomic mass is 10.1. The Kier molecular flexibility index (Phi) is 4.38. The molecule has 0 unspecified atom stereocenters. The lowest BCUT2D eigenvalue weighted by Gasteiger charge is -2.33. The minimum atomic E-state index is -4.60. The number of fused-ring (bicyclic) bond motifs is 2. The van der Waals surface area contributed by atoms with Crippen LogP contribution in [0.5, 0.6) is 5.75 Å². The van der Waals surface area contributed by atoms with E-state index >= 15 is 0 Å². The molecular formula is C16H13ClF3NOS. The third-order valence-corrected chi connectivity index (χ3v) is 4.96. The zero-order valence-corrected chi connectivity index (χ0v) is 13.5. The molecule has 1 heterocycles. The summed E-state index contributed by atoms with van der Waals surface area (Å²) in [6, 6.07) is 9.77. The molecule has 0 radical (unpaired) electrons. The zero-order valence-electron chi connectivity index (χ0n) is 11.9. The van der Waals surface area contributed by atoms with Crippen molar-refractivity contribution in [3.63, 3.8) is 0 Å². The Bertz CT molecular complexity index is 736. The largest absolute Gasteiger partial charge is 0.505 e. The molecule has 0 aromatic heterocycles. The van der Waals surface area contributed by atoms with Crippen LogP contribution in [-0.2, 0) is 6.18 Å². The maximum absolute atomic E-state index is 13.1. The number of alkyl halides is 4. The quantitative estimate of drug-likeness (QED) is 0.717. The highest BCUT2D eigenvalue weighted by atomic mass is 35.5. The van der Waals surface area contributed by atoms with E-state index in [1.54, 1.807) is 4.90 Å². The molecule has 1 aliphatic heterocycles. The third kappa shape index (κ3) is 2.97. The second-order valence-electron chi connectivity index (χ2n) is 5.07. The number of benzene rings is 2. The van der Waals surface area contributed by atoms with E-state index in [-0.39, 0.29) is 5.69 Å². The summed E-state index contributed by atoms with van der Waals surface area (Å²) in [5.74, 6) is -0.340. The number of hydrogen-bond acceptors (Lipinski definition) is 3. The number of rotatable bonds is 3. The lowest BCUT2D eigenvalue weighted by Crippen LogP contribution is -2.23. The summed E-state index contributed by atoms with van der Waals surface area (Å²) < 4.78 is 39.3. The minimum absolute atomic E-state index is 0.202. The molecule has 0 saturated heterocycles. The summed E-state index contributed by atoms with van der Waals surface area (Å²) in [7, 11) is 0. The predicted molar refractivity (Wildman–Crippen MR) is 86.0 cm³/mol. The first-order valence-electron chi connectivity index (χ1n) is 6.97. The van der Waals surface area contributed by atoms with Crippen molar-refractivity contribution in [2.75, 3.05) is 17.3 Å². The molecule has 23 heavy (non-hydrogen) atoms. The first-order valence-corrected chi connectivity index (χ1v) is 8.32. The van der Waals surface area contributed by atoms with Crippen molar-refractivity contribution in [3.8, 4) is 5.75 Å². The number of anilines is 2. The van der Waals surface area contributed by atoms with Crippen LogP contribution in [0.25, 0.3) is 0 Å². The number of nitrogens with zero attached hydrogens (tertiary/aromatic N) is 1. The summed E-state index contributed by atoms with van der Waals surface area (Å²) in [6.45, 7) is 0.433. The van der Waals surface area contributed by atoms with E-state index < -0.39 is 17.5 Å². The Morgan fingerprint density at radius 3 is 2.52 bits per heavy atom. The monoisotopic (exact) mass is 359 g/mol. The van der Waals surface area contributed by atoms with Crippen LogP contribution < -0.4 is 4.90 Å². The Morgan fingerprint density at radius 1 is 1.09 bits per heavy atom. The standard InChI is InChI=1S/C16H13ClF3NOS/c17-8-3-9-21-11-4-1-2-5-12(11)23-13-7-6-10(16(18,19)20)15(22)14(13)21/h1-2,4-7,22H,3,8-9H2. The average molecular weight is 360 g/mol. The van der Waals surface area contributed by atoms with Crippen molar-refractivity contribution >= 4 is 34.7 Å². The molecule has 2 aromatic carbocycles. The molecule has 0 amide bonds. The Hall–Kier alpha value is -1.53. The fourth-order valence-electron chi connectivity index (χ4n) is 2.59. The Morgan fingerprint density at radius 2 is 1.83 bits per heavy atom. The van der Waals surface area contributed by atoms with Crippen LogP contribution in [-0.4, -0.2) is 17.5 Å². The molecule has 0 spiro atoms. The SMILES string of the molecule is Oc1c(C(F)(F)F)ccc2c1N(CCCCl)c1ccccc1S2. The van der Waals surface area contributed by atoms with Crippen LogP contribution in [0.15, 0.2) is 46.2 Å². The van der Waals surface area contributed by atoms with E-state index in [1.165, 1.54) is 17.8 Å². The highest BCUT2D eigenvalue weighted by Gasteiger charge is 2.37. The van der Waals surface area contributed by atoms with Crippen LogP contribution >= 0.6 is 23.4 Å². The van der Waals surface area contributed by atoms with Gasteiger partial charge in [-0.1, -0.05) is 23.9 Å². The van der Waals surface area contributed by atoms with Gasteiger partial charge in [-0.2, -0.15) is 13.2 Å². The Labute approximate surface area is 140 Å². The number of phenols is 1. The Balaban J connectivity index is 2.16. The zero-order chi connectivity index (χ0) is 16.6. The van der Waals surface area contributed by atoms with Gasteiger partial charge in [0.2, 0.25) is 0 Å². The van der Waals surface area contributed by atoms with Crippen LogP contribution in [0.3, 0.4) is 0 Å². The molecule has 122 valence electrons. The molecule has 7 heteroatoms. The number of phenolic OH excluding ortho intramolecular Hbond substituents is 1. The molecule has 2 nitrogen and oxygen atoms in total. The van der Waals surface area contributed by atoms with E-state index in [4.69, 9.17) is 11.6 Å². The van der Waals surface area contributed by atoms with Gasteiger partial charge in [0.1, 0.15) is 0 Å². The van der Waals surface area contributed by atoms with Crippen LogP contribution in [0, 0.1) is 0 Å². The van der Waals surface area contributed by atoms with E-state index in [0.29, 0.717) is 23.7 Å². The van der Waals surface area contributed by atoms with Crippen molar-refractivity contribution in [1.29, 1.82) is 0 Å². The molecule has 1 N–H and O–H groups in total. The van der Waals surface area contributed by atoms with Gasteiger partial charge in [0.15, 0.2) is 5.75 Å². The first kappa shape index (κ1) is 16.3. The summed E-state index contributed by atoms with van der Waals surface area (Å²) >= 11 is 7.10. The van der Waals surface area contributed by atoms with Crippen molar-refractivity contribution in [2.24, 2.45) is 0 Å². The maximum atomic E-state index is 13.1. The van der Waals surface area contributed by atoms with Crippen molar-refractivity contribution in [2.45, 2.75) is 22.4 Å². The fourth-order valence-corrected chi connectivity index (χ4v) is 3.81. The third-order valence-electron chi connectivity index (χ3n) is 3.58. The van der Waals surface area contributed by atoms with Crippen molar-refractivity contribution < 1.29 is 18.3 Å². The molecule has 2 aromatic rings. The molecule has 3 rings (SSSR count). The number of hydrogen-bond donors (Lipinski definition) is 1. The summed E-state index contributed by atoms with van der Waals surface area (Å²) in [6.07, 6.45) is -4.01. The predicted octanol–water partition coefficient (Wildman–Crippen LogP) is 5.64. The second-order valence-corrected chi connectivity index (χ2v) is 6.53. The van der Waals surface area contributed by atoms with Gasteiger partial charge in [-0.15, -0.1) is 11.6 Å². The highest BCUT2D eigenvalue weighted by Crippen LogP contribution is 2.54. The summed E-state index contributed by atoms with van der Waals surface area (Å²) in [4.78, 5) is 3.26. The van der Waals surface area contributed by atoms with Crippen molar-refractivity contribution in [3.05, 3.63) is 42.0 Å². The van der Waals surface area contributed by atoms with Gasteiger partial charge in [0.05, 0.1) is 16.9 Å². The molecule has 0 aliphatic carbocycles. The number of halogens is 4. The van der Waals surface area contributed by atoms with Crippen LogP contribution in [0.1, 0.15) is 12.0 Å². The van der Waals surface area contributed by atoms with Gasteiger partial charge in [0.25, 0.3) is 0 Å². The van der Waals surface area contributed by atoms with E-state index in [9.17, 15) is 18.3 Å². The van der Waals surface area contributed by atoms with Gasteiger partial charge in [-0.05, 0) is 30.7 Å². The van der Waals surface area contributed by atoms with E-state index in [2.05, 4.69) is 0 Å². The van der Waals surface area contributed by atoms with Gasteiger partial charge in [-0.3, -0.25) is 0 Å². The van der Waals surface area contributed by atoms with Gasteiger partial charge >= 0.3 is 6.18 Å². The minimum Gasteiger partial charge on any atom is -0.505 e. The highest BCUT2D eigenvalue weighted by molar-refractivity contribution is 7.99. The number of aromatic hydroxyl groups is 1. The van der Waals surface area contributed by atoms with Gasteiger partial charge in [-0.25, -0.2) is 0 Å². The average Bonchev–Trinajstić information content (AvgIpc) is 2.50. The normalized spacial score (nSPS) is 13.7. The summed E-state index contributed by atoms with van der Waals surface area (Å²) in [5.41, 5.74) is -0.0366. The maximum Gasteiger partial charge on any atom is 0.420 e. The smallest absolute Gasteiger partial charge is 0.420 e. The molecule has 0 fully saturated rings. The van der Waals surface area contributed by atoms with Crippen LogP contribution in [0.2, 0.25) is 0 Å². The molecular weight excluding hydrogens is 347 g/mol. The molecule has 0 bridgehead atoms. The summed E-state index contributed by atoms with van der Waals surface area (Å²) in [5, 5.41) is 10.3. The van der Waals surface area contributed by atoms with E-state index in [0.717, 1.165) is 16.6 Å². The topological polar surface area (TPSA) is 23.5 Å². The molecule has 0 saturated carbocycles. The van der Waals surface area contributed by atoms with Gasteiger partial charge < -0.3 is 10.0 Å². The fraction of sp³-hybridized carbons (Fsp3) is 0.250. The lowest BCUT2D eigenvalue weighted by molar-refractivity contribution is -0.138. The second kappa shape index (κ2) is 6.17. The van der Waals surface area contributed by atoms with E-state index in [1.807, 2.05) is 24.3 Å². The van der Waals surface area contributed by atoms with Gasteiger partial charge in [0, 0.05) is 22.2 Å². The molecule has 0 atom stereocenters. The molecule has 1 aliphatic rings.